The largest absolute Gasteiger partial charge is 0.280 e. The molecule has 0 amide bonds. The zero-order chi connectivity index (χ0) is 16.4. The van der Waals surface area contributed by atoms with Gasteiger partial charge in [-0.15, -0.1) is 10.2 Å². The number of rotatable bonds is 4. The lowest BCUT2D eigenvalue weighted by atomic mass is 10.2. The van der Waals surface area contributed by atoms with Crippen molar-refractivity contribution in [3.05, 3.63) is 52.5 Å². The molecule has 23 heavy (non-hydrogen) atoms. The molecule has 3 rings (SSSR count). The lowest BCUT2D eigenvalue weighted by molar-refractivity contribution is 0.601. The maximum absolute atomic E-state index is 12.5. The Labute approximate surface area is 141 Å². The molecule has 0 spiro atoms. The number of H-pyrrole nitrogens is 1. The van der Waals surface area contributed by atoms with Crippen LogP contribution in [0.15, 0.2) is 47.4 Å². The Hall–Kier alpha value is -2.16. The Kier molecular flexibility index (Phi) is 4.20. The Morgan fingerprint density at radius 1 is 1.09 bits per heavy atom. The fourth-order valence-electron chi connectivity index (χ4n) is 1.90. The second-order valence-electron chi connectivity index (χ2n) is 4.50. The van der Waals surface area contributed by atoms with Crippen LogP contribution >= 0.6 is 23.2 Å². The molecule has 0 radical (unpaired) electrons. The minimum Gasteiger partial charge on any atom is -0.280 e. The van der Waals surface area contributed by atoms with E-state index < -0.39 is 10.0 Å². The summed E-state index contributed by atoms with van der Waals surface area (Å²) in [5.74, 6) is 0.354. The lowest BCUT2D eigenvalue weighted by Gasteiger charge is -2.10. The van der Waals surface area contributed by atoms with E-state index >= 15 is 0 Å². The third kappa shape index (κ3) is 3.44. The van der Waals surface area contributed by atoms with Crippen molar-refractivity contribution in [2.24, 2.45) is 0 Å². The Bertz CT molecular complexity index is 945. The van der Waals surface area contributed by atoms with Crippen LogP contribution in [0.25, 0.3) is 11.4 Å². The number of aromatic amines is 1. The molecular weight excluding hydrogens is 361 g/mol. The summed E-state index contributed by atoms with van der Waals surface area (Å²) in [5.41, 5.74) is 0.944. The number of hydrogen-bond acceptors (Lipinski definition) is 5. The summed E-state index contributed by atoms with van der Waals surface area (Å²) in [7, 11) is -3.88. The van der Waals surface area contributed by atoms with E-state index in [1.807, 2.05) is 0 Å². The van der Waals surface area contributed by atoms with Crippen LogP contribution in [0.4, 0.5) is 5.69 Å². The van der Waals surface area contributed by atoms with E-state index in [2.05, 4.69) is 25.3 Å². The van der Waals surface area contributed by atoms with E-state index in [1.54, 1.807) is 24.3 Å². The monoisotopic (exact) mass is 369 g/mol. The van der Waals surface area contributed by atoms with Crippen molar-refractivity contribution in [2.45, 2.75) is 4.90 Å². The quantitative estimate of drug-likeness (QED) is 0.735. The first-order valence-corrected chi connectivity index (χ1v) is 8.51. The molecule has 0 saturated carbocycles. The van der Waals surface area contributed by atoms with Crippen molar-refractivity contribution in [3.63, 3.8) is 0 Å². The molecule has 2 N–H and O–H groups in total. The van der Waals surface area contributed by atoms with Crippen LogP contribution < -0.4 is 4.72 Å². The maximum atomic E-state index is 12.5. The molecule has 118 valence electrons. The molecule has 0 aliphatic rings. The van der Waals surface area contributed by atoms with Gasteiger partial charge in [0.05, 0.1) is 5.02 Å². The van der Waals surface area contributed by atoms with Gasteiger partial charge in [-0.2, -0.15) is 5.21 Å². The van der Waals surface area contributed by atoms with Gasteiger partial charge >= 0.3 is 0 Å². The number of benzene rings is 2. The summed E-state index contributed by atoms with van der Waals surface area (Å²) in [4.78, 5) is -0.100. The van der Waals surface area contributed by atoms with Gasteiger partial charge in [-0.25, -0.2) is 8.42 Å². The average molecular weight is 370 g/mol. The van der Waals surface area contributed by atoms with Crippen LogP contribution in [0, 0.1) is 0 Å². The van der Waals surface area contributed by atoms with Gasteiger partial charge < -0.3 is 0 Å². The van der Waals surface area contributed by atoms with Crippen molar-refractivity contribution >= 4 is 38.9 Å². The molecule has 10 heteroatoms. The van der Waals surface area contributed by atoms with Crippen molar-refractivity contribution < 1.29 is 8.42 Å². The van der Waals surface area contributed by atoms with Gasteiger partial charge in [0.2, 0.25) is 5.82 Å². The highest BCUT2D eigenvalue weighted by molar-refractivity contribution is 7.92. The van der Waals surface area contributed by atoms with Crippen LogP contribution in [0.2, 0.25) is 10.0 Å². The molecule has 1 aromatic heterocycles. The van der Waals surface area contributed by atoms with Gasteiger partial charge in [0.15, 0.2) is 0 Å². The summed E-state index contributed by atoms with van der Waals surface area (Å²) in [6.45, 7) is 0. The zero-order valence-corrected chi connectivity index (χ0v) is 13.7. The Morgan fingerprint density at radius 2 is 1.91 bits per heavy atom. The van der Waals surface area contributed by atoms with E-state index in [1.165, 1.54) is 18.2 Å². The average Bonchev–Trinajstić information content (AvgIpc) is 3.04. The smallest absolute Gasteiger partial charge is 0.263 e. The van der Waals surface area contributed by atoms with Crippen LogP contribution in [-0.2, 0) is 10.0 Å². The van der Waals surface area contributed by atoms with Gasteiger partial charge in [0.25, 0.3) is 10.0 Å². The Morgan fingerprint density at radius 3 is 2.65 bits per heavy atom. The minimum absolute atomic E-state index is 0.0798. The summed E-state index contributed by atoms with van der Waals surface area (Å²) < 4.78 is 27.4. The number of nitrogens with zero attached hydrogens (tertiary/aromatic N) is 3. The second kappa shape index (κ2) is 6.15. The molecule has 0 atom stereocenters. The van der Waals surface area contributed by atoms with Gasteiger partial charge in [-0.3, -0.25) is 4.72 Å². The van der Waals surface area contributed by atoms with Gasteiger partial charge in [-0.1, -0.05) is 35.3 Å². The molecule has 1 heterocycles. The van der Waals surface area contributed by atoms with Crippen molar-refractivity contribution in [2.75, 3.05) is 4.72 Å². The summed E-state index contributed by atoms with van der Waals surface area (Å²) >= 11 is 11.8. The molecular formula is C13H9Cl2N5O2S. The van der Waals surface area contributed by atoms with E-state index in [0.29, 0.717) is 17.1 Å². The van der Waals surface area contributed by atoms with E-state index in [9.17, 15) is 8.42 Å². The summed E-state index contributed by atoms with van der Waals surface area (Å²) in [5, 5.41) is 13.8. The topological polar surface area (TPSA) is 101 Å². The maximum Gasteiger partial charge on any atom is 0.263 e. The predicted molar refractivity (Wildman–Crippen MR) is 86.9 cm³/mol. The van der Waals surface area contributed by atoms with Gasteiger partial charge in [0.1, 0.15) is 4.90 Å². The van der Waals surface area contributed by atoms with E-state index in [-0.39, 0.29) is 14.9 Å². The van der Waals surface area contributed by atoms with Crippen LogP contribution in [0.1, 0.15) is 0 Å². The van der Waals surface area contributed by atoms with E-state index in [4.69, 9.17) is 23.2 Å². The zero-order valence-electron chi connectivity index (χ0n) is 11.4. The first kappa shape index (κ1) is 15.7. The third-order valence-corrected chi connectivity index (χ3v) is 5.00. The number of aromatic nitrogens is 4. The Balaban J connectivity index is 1.95. The fourth-order valence-corrected chi connectivity index (χ4v) is 3.71. The summed E-state index contributed by atoms with van der Waals surface area (Å²) in [6, 6.07) is 10.8. The summed E-state index contributed by atoms with van der Waals surface area (Å²) in [6.07, 6.45) is 0. The minimum atomic E-state index is -3.88. The number of hydrogen-bond donors (Lipinski definition) is 2. The second-order valence-corrected chi connectivity index (χ2v) is 6.99. The normalized spacial score (nSPS) is 11.4. The number of nitrogens with one attached hydrogen (secondary N) is 2. The standard InChI is InChI=1S/C13H9Cl2N5O2S/c14-9-4-5-11(15)12(7-9)23(21,22)18-10-3-1-2-8(6-10)13-16-19-20-17-13/h1-7,18H,(H,16,17,19,20). The third-order valence-electron chi connectivity index (χ3n) is 2.90. The van der Waals surface area contributed by atoms with Crippen LogP contribution in [0.3, 0.4) is 0 Å². The molecule has 2 aromatic carbocycles. The molecule has 0 unspecified atom stereocenters. The van der Waals surface area contributed by atoms with Crippen LogP contribution in [-0.4, -0.2) is 29.0 Å². The molecule has 0 bridgehead atoms. The number of sulfonamides is 1. The molecule has 0 aliphatic carbocycles. The highest BCUT2D eigenvalue weighted by Gasteiger charge is 2.19. The molecule has 7 nitrogen and oxygen atoms in total. The molecule has 0 saturated heterocycles. The molecule has 0 aliphatic heterocycles. The fraction of sp³-hybridized carbons (Fsp3) is 0. The molecule has 3 aromatic rings. The molecule has 0 fully saturated rings. The SMILES string of the molecule is O=S(=O)(Nc1cccc(-c2nn[nH]n2)c1)c1cc(Cl)ccc1Cl. The van der Waals surface area contributed by atoms with Crippen LogP contribution in [0.5, 0.6) is 0 Å². The highest BCUT2D eigenvalue weighted by Crippen LogP contribution is 2.27. The highest BCUT2D eigenvalue weighted by atomic mass is 35.5. The van der Waals surface area contributed by atoms with E-state index in [0.717, 1.165) is 0 Å². The van der Waals surface area contributed by atoms with Crippen molar-refractivity contribution in [3.8, 4) is 11.4 Å². The number of halogens is 2. The first-order chi connectivity index (χ1) is 11.0. The van der Waals surface area contributed by atoms with Gasteiger partial charge in [0, 0.05) is 16.3 Å². The predicted octanol–water partition coefficient (Wildman–Crippen LogP) is 2.97. The number of anilines is 1. The van der Waals surface area contributed by atoms with Gasteiger partial charge in [-0.05, 0) is 35.5 Å². The number of tetrazole rings is 1. The van der Waals surface area contributed by atoms with Crippen molar-refractivity contribution in [1.82, 2.24) is 20.6 Å². The lowest BCUT2D eigenvalue weighted by Crippen LogP contribution is -2.13. The first-order valence-electron chi connectivity index (χ1n) is 6.27. The van der Waals surface area contributed by atoms with Crippen molar-refractivity contribution in [1.29, 1.82) is 0 Å².